The van der Waals surface area contributed by atoms with Crippen molar-refractivity contribution < 1.29 is 9.90 Å². The molecular formula is C16H26N2O2. The van der Waals surface area contributed by atoms with E-state index < -0.39 is 5.97 Å². The van der Waals surface area contributed by atoms with Gasteiger partial charge in [-0.25, -0.2) is 4.79 Å². The predicted octanol–water partition coefficient (Wildman–Crippen LogP) is 2.45. The van der Waals surface area contributed by atoms with Gasteiger partial charge in [-0.1, -0.05) is 32.0 Å². The number of benzene rings is 1. The molecule has 2 N–H and O–H groups in total. The highest BCUT2D eigenvalue weighted by Gasteiger charge is 2.14. The van der Waals surface area contributed by atoms with Crippen molar-refractivity contribution in [1.29, 1.82) is 0 Å². The van der Waals surface area contributed by atoms with Crippen molar-refractivity contribution in [3.05, 3.63) is 35.4 Å². The molecule has 112 valence electrons. The van der Waals surface area contributed by atoms with Gasteiger partial charge in [0.15, 0.2) is 0 Å². The standard InChI is InChI=1S/C16H26N2O2/c1-12(2)9-14(11-18(3)4)17-10-13-7-5-6-8-15(13)16(19)20/h5-8,12,14,17H,9-11H2,1-4H3,(H,19,20). The lowest BCUT2D eigenvalue weighted by molar-refractivity contribution is 0.0695. The SMILES string of the molecule is CC(C)CC(CN(C)C)NCc1ccccc1C(=O)O. The summed E-state index contributed by atoms with van der Waals surface area (Å²) in [6.07, 6.45) is 1.08. The molecule has 1 unspecified atom stereocenters. The third kappa shape index (κ3) is 5.72. The molecule has 1 rings (SSSR count). The van der Waals surface area contributed by atoms with Crippen LogP contribution in [0.4, 0.5) is 0 Å². The highest BCUT2D eigenvalue weighted by molar-refractivity contribution is 5.89. The van der Waals surface area contributed by atoms with Gasteiger partial charge < -0.3 is 15.3 Å². The van der Waals surface area contributed by atoms with Gasteiger partial charge >= 0.3 is 5.97 Å². The molecule has 0 heterocycles. The molecule has 0 radical (unpaired) electrons. The molecule has 0 aliphatic heterocycles. The van der Waals surface area contributed by atoms with E-state index in [1.54, 1.807) is 12.1 Å². The summed E-state index contributed by atoms with van der Waals surface area (Å²) in [6, 6.07) is 7.54. The number of aromatic carboxylic acids is 1. The molecule has 4 nitrogen and oxygen atoms in total. The van der Waals surface area contributed by atoms with Gasteiger partial charge in [-0.3, -0.25) is 0 Å². The fourth-order valence-electron chi connectivity index (χ4n) is 2.37. The summed E-state index contributed by atoms with van der Waals surface area (Å²) in [5.74, 6) is -0.252. The quantitative estimate of drug-likeness (QED) is 0.767. The summed E-state index contributed by atoms with van der Waals surface area (Å²) >= 11 is 0. The minimum absolute atomic E-state index is 0.367. The molecule has 0 fully saturated rings. The summed E-state index contributed by atoms with van der Waals surface area (Å²) in [5.41, 5.74) is 1.22. The Kier molecular flexibility index (Phi) is 6.68. The van der Waals surface area contributed by atoms with E-state index in [9.17, 15) is 9.90 Å². The van der Waals surface area contributed by atoms with E-state index in [1.165, 1.54) is 0 Å². The van der Waals surface area contributed by atoms with Gasteiger partial charge in [-0.05, 0) is 38.1 Å². The smallest absolute Gasteiger partial charge is 0.336 e. The Labute approximate surface area is 121 Å². The van der Waals surface area contributed by atoms with Crippen LogP contribution in [0.25, 0.3) is 0 Å². The van der Waals surface area contributed by atoms with Gasteiger partial charge in [0.05, 0.1) is 5.56 Å². The summed E-state index contributed by atoms with van der Waals surface area (Å²) in [4.78, 5) is 13.3. The van der Waals surface area contributed by atoms with E-state index in [4.69, 9.17) is 0 Å². The topological polar surface area (TPSA) is 52.6 Å². The lowest BCUT2D eigenvalue weighted by Crippen LogP contribution is -2.39. The van der Waals surface area contributed by atoms with E-state index in [0.29, 0.717) is 24.1 Å². The van der Waals surface area contributed by atoms with Crippen LogP contribution in [0, 0.1) is 5.92 Å². The molecule has 0 bridgehead atoms. The molecule has 0 saturated heterocycles. The summed E-state index contributed by atoms with van der Waals surface area (Å²) in [6.45, 7) is 5.95. The molecule has 0 saturated carbocycles. The molecule has 0 amide bonds. The third-order valence-electron chi connectivity index (χ3n) is 3.17. The van der Waals surface area contributed by atoms with Crippen LogP contribution in [0.1, 0.15) is 36.2 Å². The van der Waals surface area contributed by atoms with Crippen molar-refractivity contribution in [3.8, 4) is 0 Å². The van der Waals surface area contributed by atoms with Gasteiger partial charge in [0.1, 0.15) is 0 Å². The predicted molar refractivity (Wildman–Crippen MR) is 82.0 cm³/mol. The molecule has 0 aliphatic carbocycles. The van der Waals surface area contributed by atoms with Gasteiger partial charge in [0.2, 0.25) is 0 Å². The molecule has 1 aromatic carbocycles. The lowest BCUT2D eigenvalue weighted by atomic mass is 10.0. The minimum Gasteiger partial charge on any atom is -0.478 e. The molecule has 0 spiro atoms. The largest absolute Gasteiger partial charge is 0.478 e. The normalized spacial score (nSPS) is 12.9. The van der Waals surface area contributed by atoms with Crippen molar-refractivity contribution in [1.82, 2.24) is 10.2 Å². The third-order valence-corrected chi connectivity index (χ3v) is 3.17. The van der Waals surface area contributed by atoms with E-state index >= 15 is 0 Å². The average molecular weight is 278 g/mol. The number of carboxylic acids is 1. The van der Waals surface area contributed by atoms with Gasteiger partial charge in [0.25, 0.3) is 0 Å². The monoisotopic (exact) mass is 278 g/mol. The van der Waals surface area contributed by atoms with Crippen LogP contribution in [-0.2, 0) is 6.54 Å². The first kappa shape index (κ1) is 16.7. The Morgan fingerprint density at radius 1 is 1.30 bits per heavy atom. The zero-order valence-electron chi connectivity index (χ0n) is 12.9. The van der Waals surface area contributed by atoms with Crippen molar-refractivity contribution >= 4 is 5.97 Å². The first-order valence-electron chi connectivity index (χ1n) is 7.09. The van der Waals surface area contributed by atoms with Gasteiger partial charge in [0, 0.05) is 19.1 Å². The van der Waals surface area contributed by atoms with E-state index in [-0.39, 0.29) is 0 Å². The number of hydrogen-bond acceptors (Lipinski definition) is 3. The molecule has 20 heavy (non-hydrogen) atoms. The first-order valence-corrected chi connectivity index (χ1v) is 7.09. The lowest BCUT2D eigenvalue weighted by Gasteiger charge is -2.24. The molecule has 4 heteroatoms. The number of nitrogens with one attached hydrogen (secondary N) is 1. The Morgan fingerprint density at radius 2 is 1.95 bits per heavy atom. The fraction of sp³-hybridized carbons (Fsp3) is 0.562. The van der Waals surface area contributed by atoms with Gasteiger partial charge in [-0.15, -0.1) is 0 Å². The maximum atomic E-state index is 11.2. The molecule has 0 aromatic heterocycles. The number of carbonyl (C=O) groups is 1. The number of hydrogen-bond donors (Lipinski definition) is 2. The summed E-state index contributed by atoms with van der Waals surface area (Å²) in [5, 5.41) is 12.7. The minimum atomic E-state index is -0.865. The highest BCUT2D eigenvalue weighted by Crippen LogP contribution is 2.11. The maximum absolute atomic E-state index is 11.2. The van der Waals surface area contributed by atoms with Crippen molar-refractivity contribution in [2.75, 3.05) is 20.6 Å². The maximum Gasteiger partial charge on any atom is 0.336 e. The number of nitrogens with zero attached hydrogens (tertiary/aromatic N) is 1. The van der Waals surface area contributed by atoms with Crippen LogP contribution in [-0.4, -0.2) is 42.7 Å². The molecular weight excluding hydrogens is 252 g/mol. The molecule has 1 aromatic rings. The summed E-state index contributed by atoms with van der Waals surface area (Å²) < 4.78 is 0. The second kappa shape index (κ2) is 8.02. The molecule has 0 aliphatic rings. The van der Waals surface area contributed by atoms with E-state index in [0.717, 1.165) is 18.5 Å². The second-order valence-electron chi connectivity index (χ2n) is 5.93. The van der Waals surface area contributed by atoms with Crippen LogP contribution in [0.15, 0.2) is 24.3 Å². The zero-order chi connectivity index (χ0) is 15.1. The van der Waals surface area contributed by atoms with Crippen LogP contribution in [0.3, 0.4) is 0 Å². The zero-order valence-corrected chi connectivity index (χ0v) is 12.9. The number of rotatable bonds is 8. The Balaban J connectivity index is 2.69. The Morgan fingerprint density at radius 3 is 2.50 bits per heavy atom. The second-order valence-corrected chi connectivity index (χ2v) is 5.93. The summed E-state index contributed by atoms with van der Waals surface area (Å²) in [7, 11) is 4.11. The van der Waals surface area contributed by atoms with Crippen molar-refractivity contribution in [2.45, 2.75) is 32.9 Å². The average Bonchev–Trinajstić information content (AvgIpc) is 2.34. The van der Waals surface area contributed by atoms with E-state index in [2.05, 4.69) is 38.2 Å². The first-order chi connectivity index (χ1) is 9.40. The number of carboxylic acid groups (broad SMARTS) is 1. The van der Waals surface area contributed by atoms with Crippen molar-refractivity contribution in [2.24, 2.45) is 5.92 Å². The van der Waals surface area contributed by atoms with E-state index in [1.807, 2.05) is 12.1 Å². The van der Waals surface area contributed by atoms with Crippen LogP contribution < -0.4 is 5.32 Å². The fourth-order valence-corrected chi connectivity index (χ4v) is 2.37. The van der Waals surface area contributed by atoms with Gasteiger partial charge in [-0.2, -0.15) is 0 Å². The highest BCUT2D eigenvalue weighted by atomic mass is 16.4. The Hall–Kier alpha value is -1.39. The molecule has 1 atom stereocenters. The van der Waals surface area contributed by atoms with Crippen molar-refractivity contribution in [3.63, 3.8) is 0 Å². The van der Waals surface area contributed by atoms with Crippen LogP contribution >= 0.6 is 0 Å². The van der Waals surface area contributed by atoms with Crippen LogP contribution in [0.2, 0.25) is 0 Å². The number of likely N-dealkylation sites (N-methyl/N-ethyl adjacent to an activating group) is 1. The van der Waals surface area contributed by atoms with Crippen LogP contribution in [0.5, 0.6) is 0 Å². The Bertz CT molecular complexity index is 420.